The highest BCUT2D eigenvalue weighted by Crippen LogP contribution is 2.33. The quantitative estimate of drug-likeness (QED) is 0.156. The van der Waals surface area contributed by atoms with Gasteiger partial charge in [-0.15, -0.1) is 11.3 Å². The molecule has 36 heavy (non-hydrogen) atoms. The van der Waals surface area contributed by atoms with E-state index >= 15 is 0 Å². The maximum Gasteiger partial charge on any atom is 0.312 e. The molecule has 0 spiro atoms. The monoisotopic (exact) mass is 518 g/mol. The van der Waals surface area contributed by atoms with Gasteiger partial charge in [0.2, 0.25) is 10.6 Å². The molecule has 5 rings (SSSR count). The summed E-state index contributed by atoms with van der Waals surface area (Å²) in [6.45, 7) is 0.535. The standard InChI is InChI=1S/C26H19ClN4O4S/c27-20-12-19(25(32)21(14-20)31(33)34)15-29-30-22(24-13-18-8-4-5-9-23(18)35-24)16-36-26(30)28-11-10-17-6-2-1-3-7-17/h1-9,12-16,32H,10-11H2. The molecule has 1 N–H and O–H groups in total. The fraction of sp³-hybridized carbons (Fsp3) is 0.0769. The fourth-order valence-electron chi connectivity index (χ4n) is 3.69. The van der Waals surface area contributed by atoms with E-state index in [1.807, 2.05) is 66.0 Å². The van der Waals surface area contributed by atoms with E-state index in [0.717, 1.165) is 23.5 Å². The number of hydrogen-bond donors (Lipinski definition) is 1. The molecule has 180 valence electrons. The number of phenols is 1. The van der Waals surface area contributed by atoms with E-state index in [0.29, 0.717) is 22.8 Å². The molecule has 0 amide bonds. The molecule has 2 heterocycles. The van der Waals surface area contributed by atoms with Crippen molar-refractivity contribution >= 4 is 45.8 Å². The van der Waals surface area contributed by atoms with Gasteiger partial charge >= 0.3 is 5.69 Å². The van der Waals surface area contributed by atoms with E-state index in [4.69, 9.17) is 21.0 Å². The summed E-state index contributed by atoms with van der Waals surface area (Å²) in [5.74, 6) is 0.0761. The maximum absolute atomic E-state index is 11.3. The van der Waals surface area contributed by atoms with Gasteiger partial charge in [0.15, 0.2) is 5.76 Å². The second kappa shape index (κ2) is 10.2. The van der Waals surface area contributed by atoms with Crippen molar-refractivity contribution in [2.45, 2.75) is 6.42 Å². The molecule has 0 fully saturated rings. The Kier molecular flexibility index (Phi) is 6.66. The molecule has 5 aromatic rings. The molecule has 0 saturated carbocycles. The summed E-state index contributed by atoms with van der Waals surface area (Å²) >= 11 is 7.43. The van der Waals surface area contributed by atoms with Gasteiger partial charge in [-0.2, -0.15) is 5.10 Å². The number of furan rings is 1. The second-order valence-electron chi connectivity index (χ2n) is 7.85. The number of halogens is 1. The van der Waals surface area contributed by atoms with Crippen molar-refractivity contribution in [3.05, 3.63) is 109 Å². The topological polar surface area (TPSA) is 106 Å². The van der Waals surface area contributed by atoms with Gasteiger partial charge in [-0.3, -0.25) is 15.1 Å². The van der Waals surface area contributed by atoms with E-state index in [1.54, 1.807) is 4.68 Å². The number of nitrogens with zero attached hydrogens (tertiary/aromatic N) is 4. The van der Waals surface area contributed by atoms with Gasteiger partial charge in [0.25, 0.3) is 0 Å². The normalized spacial score (nSPS) is 12.1. The highest BCUT2D eigenvalue weighted by molar-refractivity contribution is 7.07. The molecule has 0 aliphatic heterocycles. The summed E-state index contributed by atoms with van der Waals surface area (Å²) in [7, 11) is 0. The van der Waals surface area contributed by atoms with Crippen molar-refractivity contribution < 1.29 is 14.4 Å². The number of fused-ring (bicyclic) bond motifs is 1. The van der Waals surface area contributed by atoms with Crippen LogP contribution in [0.5, 0.6) is 5.75 Å². The Hall–Kier alpha value is -4.21. The molecule has 0 unspecified atom stereocenters. The first-order chi connectivity index (χ1) is 17.5. The van der Waals surface area contributed by atoms with Crippen molar-refractivity contribution in [3.63, 3.8) is 0 Å². The van der Waals surface area contributed by atoms with Gasteiger partial charge in [0.05, 0.1) is 11.1 Å². The van der Waals surface area contributed by atoms with Gasteiger partial charge < -0.3 is 9.52 Å². The third kappa shape index (κ3) is 4.93. The van der Waals surface area contributed by atoms with E-state index in [9.17, 15) is 15.2 Å². The number of nitro groups is 1. The third-order valence-electron chi connectivity index (χ3n) is 5.45. The Morgan fingerprint density at radius 2 is 1.89 bits per heavy atom. The molecule has 0 atom stereocenters. The molecule has 0 radical (unpaired) electrons. The minimum Gasteiger partial charge on any atom is -0.502 e. The molecular weight excluding hydrogens is 500 g/mol. The van der Waals surface area contributed by atoms with Crippen molar-refractivity contribution in [2.24, 2.45) is 10.1 Å². The number of rotatable bonds is 7. The van der Waals surface area contributed by atoms with Crippen LogP contribution in [0.15, 0.2) is 92.7 Å². The third-order valence-corrected chi connectivity index (χ3v) is 6.52. The molecule has 2 aromatic heterocycles. The molecule has 8 nitrogen and oxygen atoms in total. The van der Waals surface area contributed by atoms with Crippen LogP contribution in [0, 0.1) is 10.1 Å². The first-order valence-corrected chi connectivity index (χ1v) is 12.2. The zero-order valence-corrected chi connectivity index (χ0v) is 20.3. The molecule has 0 aliphatic rings. The van der Waals surface area contributed by atoms with Crippen molar-refractivity contribution in [2.75, 3.05) is 6.54 Å². The summed E-state index contributed by atoms with van der Waals surface area (Å²) in [6.07, 6.45) is 2.08. The van der Waals surface area contributed by atoms with Crippen LogP contribution in [-0.4, -0.2) is 27.5 Å². The van der Waals surface area contributed by atoms with E-state index in [1.165, 1.54) is 29.2 Å². The van der Waals surface area contributed by atoms with Crippen molar-refractivity contribution in [1.29, 1.82) is 0 Å². The minimum atomic E-state index is -0.694. The number of aromatic nitrogens is 1. The van der Waals surface area contributed by atoms with Crippen LogP contribution >= 0.6 is 22.9 Å². The van der Waals surface area contributed by atoms with E-state index in [2.05, 4.69) is 5.10 Å². The van der Waals surface area contributed by atoms with Crippen molar-refractivity contribution in [1.82, 2.24) is 4.68 Å². The number of phenolic OH excluding ortho intramolecular Hbond substituents is 1. The minimum absolute atomic E-state index is 0.110. The largest absolute Gasteiger partial charge is 0.502 e. The Labute approximate surface area is 214 Å². The number of para-hydroxylation sites is 1. The lowest BCUT2D eigenvalue weighted by molar-refractivity contribution is -0.385. The first kappa shape index (κ1) is 23.5. The average Bonchev–Trinajstić information content (AvgIpc) is 3.48. The van der Waals surface area contributed by atoms with Gasteiger partial charge in [-0.25, -0.2) is 4.68 Å². The molecule has 0 bridgehead atoms. The second-order valence-corrected chi connectivity index (χ2v) is 9.12. The lowest BCUT2D eigenvalue weighted by atomic mass is 10.2. The molecular formula is C26H19ClN4O4S. The van der Waals surface area contributed by atoms with E-state index in [-0.39, 0.29) is 10.6 Å². The predicted octanol–water partition coefficient (Wildman–Crippen LogP) is 6.26. The van der Waals surface area contributed by atoms with Gasteiger partial charge in [-0.05, 0) is 30.2 Å². The first-order valence-electron chi connectivity index (χ1n) is 10.9. The van der Waals surface area contributed by atoms with Crippen LogP contribution in [0.1, 0.15) is 11.1 Å². The summed E-state index contributed by atoms with van der Waals surface area (Å²) in [6, 6.07) is 22.1. The average molecular weight is 519 g/mol. The molecule has 0 aliphatic carbocycles. The number of benzene rings is 3. The van der Waals surface area contributed by atoms with Crippen molar-refractivity contribution in [3.8, 4) is 17.2 Å². The lowest BCUT2D eigenvalue weighted by Crippen LogP contribution is -2.13. The number of aromatic hydroxyl groups is 1. The van der Waals surface area contributed by atoms with Crippen LogP contribution in [0.2, 0.25) is 5.02 Å². The number of nitro benzene ring substituents is 1. The van der Waals surface area contributed by atoms with Gasteiger partial charge in [0, 0.05) is 34.0 Å². The Balaban J connectivity index is 1.57. The van der Waals surface area contributed by atoms with Gasteiger partial charge in [0.1, 0.15) is 11.3 Å². The fourth-order valence-corrected chi connectivity index (χ4v) is 4.75. The summed E-state index contributed by atoms with van der Waals surface area (Å²) in [5, 5.41) is 29.1. The molecule has 10 heteroatoms. The van der Waals surface area contributed by atoms with Crippen LogP contribution in [0.25, 0.3) is 22.4 Å². The molecule has 0 saturated heterocycles. The van der Waals surface area contributed by atoms with Crippen LogP contribution in [0.3, 0.4) is 0 Å². The van der Waals surface area contributed by atoms with Gasteiger partial charge in [-0.1, -0.05) is 60.1 Å². The Bertz CT molecular complexity index is 1620. The van der Waals surface area contributed by atoms with Crippen LogP contribution in [-0.2, 0) is 6.42 Å². The summed E-state index contributed by atoms with van der Waals surface area (Å²) in [4.78, 5) is 15.9. The zero-order valence-electron chi connectivity index (χ0n) is 18.7. The summed E-state index contributed by atoms with van der Waals surface area (Å²) in [5.41, 5.74) is 2.17. The maximum atomic E-state index is 11.3. The Morgan fingerprint density at radius 1 is 1.11 bits per heavy atom. The van der Waals surface area contributed by atoms with Crippen LogP contribution in [0.4, 0.5) is 5.69 Å². The predicted molar refractivity (Wildman–Crippen MR) is 141 cm³/mol. The number of thiazole rings is 1. The SMILES string of the molecule is O=[N+]([O-])c1cc(Cl)cc(C=Nn2c(-c3cc4ccccc4o3)csc2=NCCc2ccccc2)c1O. The molecule has 3 aromatic carbocycles. The highest BCUT2D eigenvalue weighted by Gasteiger charge is 2.18. The lowest BCUT2D eigenvalue weighted by Gasteiger charge is -2.03. The number of hydrogen-bond acceptors (Lipinski definition) is 7. The van der Waals surface area contributed by atoms with E-state index < -0.39 is 16.4 Å². The highest BCUT2D eigenvalue weighted by atomic mass is 35.5. The Morgan fingerprint density at radius 3 is 2.67 bits per heavy atom. The zero-order chi connectivity index (χ0) is 25.1. The smallest absolute Gasteiger partial charge is 0.312 e. The summed E-state index contributed by atoms with van der Waals surface area (Å²) < 4.78 is 7.63. The van der Waals surface area contributed by atoms with Crippen LogP contribution < -0.4 is 4.80 Å².